The minimum absolute atomic E-state index is 0.130. The molecule has 0 unspecified atom stereocenters. The minimum atomic E-state index is -0.267. The number of nitrogens with zero attached hydrogens (tertiary/aromatic N) is 3. The molecule has 3 heterocycles. The molecule has 0 bridgehead atoms. The first-order valence-corrected chi connectivity index (χ1v) is 9.19. The van der Waals surface area contributed by atoms with Gasteiger partial charge < -0.3 is 10.4 Å². The zero-order chi connectivity index (χ0) is 20.2. The van der Waals surface area contributed by atoms with Gasteiger partial charge in [-0.25, -0.2) is 0 Å². The molecule has 0 fully saturated rings. The third-order valence-corrected chi connectivity index (χ3v) is 4.81. The first-order chi connectivity index (χ1) is 14.2. The molecule has 3 aromatic heterocycles. The first kappa shape index (κ1) is 18.9. The number of rotatable bonds is 6. The number of amides is 1. The molecule has 0 saturated carbocycles. The van der Waals surface area contributed by atoms with E-state index in [0.717, 1.165) is 16.7 Å². The molecule has 4 N–H and O–H groups in total. The number of carbonyl (C=O) groups excluding carboxylic acids is 1. The fourth-order valence-corrected chi connectivity index (χ4v) is 3.13. The Hall–Kier alpha value is -3.49. The third kappa shape index (κ3) is 4.03. The van der Waals surface area contributed by atoms with Crippen molar-refractivity contribution in [3.05, 3.63) is 76.8 Å². The van der Waals surface area contributed by atoms with Gasteiger partial charge in [-0.05, 0) is 41.0 Å². The van der Waals surface area contributed by atoms with Crippen molar-refractivity contribution in [3.63, 3.8) is 0 Å². The van der Waals surface area contributed by atoms with Crippen LogP contribution in [0.4, 0.5) is 0 Å². The highest BCUT2D eigenvalue weighted by molar-refractivity contribution is 6.31. The number of pyridine rings is 1. The minimum Gasteiger partial charge on any atom is -0.392 e. The van der Waals surface area contributed by atoms with E-state index in [4.69, 9.17) is 11.6 Å². The predicted molar refractivity (Wildman–Crippen MR) is 108 cm³/mol. The van der Waals surface area contributed by atoms with Crippen molar-refractivity contribution < 1.29 is 9.90 Å². The van der Waals surface area contributed by atoms with E-state index in [0.29, 0.717) is 34.2 Å². The number of carbonyl (C=O) groups is 1. The van der Waals surface area contributed by atoms with Crippen LogP contribution in [-0.4, -0.2) is 36.4 Å². The lowest BCUT2D eigenvalue weighted by Crippen LogP contribution is -2.23. The van der Waals surface area contributed by atoms with Gasteiger partial charge in [-0.3, -0.25) is 20.0 Å². The van der Waals surface area contributed by atoms with Crippen molar-refractivity contribution in [3.8, 4) is 22.5 Å². The summed E-state index contributed by atoms with van der Waals surface area (Å²) < 4.78 is 0. The van der Waals surface area contributed by atoms with Gasteiger partial charge in [0.1, 0.15) is 11.4 Å². The average Bonchev–Trinajstić information content (AvgIpc) is 3.42. The van der Waals surface area contributed by atoms with E-state index in [-0.39, 0.29) is 12.5 Å². The molecule has 9 heteroatoms. The van der Waals surface area contributed by atoms with Gasteiger partial charge in [-0.15, -0.1) is 0 Å². The predicted octanol–water partition coefficient (Wildman–Crippen LogP) is 2.94. The molecule has 1 aromatic carbocycles. The standard InChI is InChI=1S/C20H17ClN6O2/c21-16-7-13(1-2-14(16)11-28)15-10-24-27-19(15)17-8-18(26-25-17)20(29)23-9-12-3-5-22-6-4-12/h1-8,10,28H,9,11H2,(H,23,29)(H,24,27)(H,25,26). The molecule has 8 nitrogen and oxygen atoms in total. The van der Waals surface area contributed by atoms with E-state index >= 15 is 0 Å². The fourth-order valence-electron chi connectivity index (χ4n) is 2.89. The van der Waals surface area contributed by atoms with Gasteiger partial charge in [0, 0.05) is 29.5 Å². The van der Waals surface area contributed by atoms with Crippen molar-refractivity contribution in [2.24, 2.45) is 0 Å². The Morgan fingerprint density at radius 3 is 2.72 bits per heavy atom. The Labute approximate surface area is 171 Å². The van der Waals surface area contributed by atoms with E-state index < -0.39 is 0 Å². The van der Waals surface area contributed by atoms with Crippen molar-refractivity contribution >= 4 is 17.5 Å². The van der Waals surface area contributed by atoms with Crippen LogP contribution < -0.4 is 5.32 Å². The highest BCUT2D eigenvalue weighted by Gasteiger charge is 2.16. The number of hydrogen-bond acceptors (Lipinski definition) is 5. The monoisotopic (exact) mass is 408 g/mol. The van der Waals surface area contributed by atoms with Crippen LogP contribution >= 0.6 is 11.6 Å². The second-order valence-corrected chi connectivity index (χ2v) is 6.74. The number of hydrogen-bond donors (Lipinski definition) is 4. The Kier molecular flexibility index (Phi) is 5.37. The van der Waals surface area contributed by atoms with Crippen LogP contribution in [0.25, 0.3) is 22.5 Å². The van der Waals surface area contributed by atoms with Crippen LogP contribution in [0.3, 0.4) is 0 Å². The molecule has 1 amide bonds. The lowest BCUT2D eigenvalue weighted by molar-refractivity contribution is 0.0946. The van der Waals surface area contributed by atoms with Gasteiger partial charge in [-0.1, -0.05) is 23.7 Å². The summed E-state index contributed by atoms with van der Waals surface area (Å²) in [6.07, 6.45) is 5.02. The molecule has 0 aliphatic heterocycles. The van der Waals surface area contributed by atoms with Gasteiger partial charge in [-0.2, -0.15) is 10.2 Å². The molecule has 29 heavy (non-hydrogen) atoms. The number of benzene rings is 1. The second kappa shape index (κ2) is 8.26. The Bertz CT molecular complexity index is 1140. The SMILES string of the molecule is O=C(NCc1ccncc1)c1cc(-c2[nH]ncc2-c2ccc(CO)c(Cl)c2)n[nH]1. The number of aromatic nitrogens is 5. The van der Waals surface area contributed by atoms with Crippen LogP contribution in [0, 0.1) is 0 Å². The molecular formula is C20H17ClN6O2. The van der Waals surface area contributed by atoms with Crippen LogP contribution in [0.15, 0.2) is 55.0 Å². The first-order valence-electron chi connectivity index (χ1n) is 8.81. The average molecular weight is 409 g/mol. The highest BCUT2D eigenvalue weighted by Crippen LogP contribution is 2.32. The van der Waals surface area contributed by atoms with Crippen molar-refractivity contribution in [2.45, 2.75) is 13.2 Å². The zero-order valence-corrected chi connectivity index (χ0v) is 15.9. The van der Waals surface area contributed by atoms with Gasteiger partial charge in [0.25, 0.3) is 5.91 Å². The molecule has 4 aromatic rings. The summed E-state index contributed by atoms with van der Waals surface area (Å²) in [5.41, 5.74) is 4.74. The smallest absolute Gasteiger partial charge is 0.269 e. The maximum atomic E-state index is 12.4. The molecule has 4 rings (SSSR count). The summed E-state index contributed by atoms with van der Waals surface area (Å²) >= 11 is 6.21. The van der Waals surface area contributed by atoms with Crippen molar-refractivity contribution in [2.75, 3.05) is 0 Å². The Morgan fingerprint density at radius 2 is 1.97 bits per heavy atom. The normalized spacial score (nSPS) is 10.8. The van der Waals surface area contributed by atoms with Gasteiger partial charge >= 0.3 is 0 Å². The number of aliphatic hydroxyl groups excluding tert-OH is 1. The highest BCUT2D eigenvalue weighted by atomic mass is 35.5. The summed E-state index contributed by atoms with van der Waals surface area (Å²) in [7, 11) is 0. The topological polar surface area (TPSA) is 120 Å². The zero-order valence-electron chi connectivity index (χ0n) is 15.2. The molecule has 0 aliphatic rings. The summed E-state index contributed by atoms with van der Waals surface area (Å²) in [6, 6.07) is 10.7. The lowest BCUT2D eigenvalue weighted by Gasteiger charge is -2.05. The lowest BCUT2D eigenvalue weighted by atomic mass is 10.0. The molecular weight excluding hydrogens is 392 g/mol. The molecule has 0 saturated heterocycles. The molecule has 0 atom stereocenters. The maximum absolute atomic E-state index is 12.4. The van der Waals surface area contributed by atoms with Crippen molar-refractivity contribution in [1.82, 2.24) is 30.7 Å². The molecule has 0 aliphatic carbocycles. The number of H-pyrrole nitrogens is 2. The second-order valence-electron chi connectivity index (χ2n) is 6.33. The van der Waals surface area contributed by atoms with E-state index in [1.54, 1.807) is 36.8 Å². The molecule has 0 radical (unpaired) electrons. The number of aliphatic hydroxyl groups is 1. The van der Waals surface area contributed by atoms with E-state index in [1.807, 2.05) is 18.2 Å². The van der Waals surface area contributed by atoms with E-state index in [9.17, 15) is 9.90 Å². The third-order valence-electron chi connectivity index (χ3n) is 4.45. The summed E-state index contributed by atoms with van der Waals surface area (Å²) in [4.78, 5) is 16.4. The van der Waals surface area contributed by atoms with Crippen LogP contribution in [0.5, 0.6) is 0 Å². The van der Waals surface area contributed by atoms with Crippen LogP contribution in [0.2, 0.25) is 5.02 Å². The fraction of sp³-hybridized carbons (Fsp3) is 0.100. The van der Waals surface area contributed by atoms with Gasteiger partial charge in [0.15, 0.2) is 0 Å². The quantitative estimate of drug-likeness (QED) is 0.391. The maximum Gasteiger partial charge on any atom is 0.269 e. The Morgan fingerprint density at radius 1 is 1.14 bits per heavy atom. The van der Waals surface area contributed by atoms with Crippen molar-refractivity contribution in [1.29, 1.82) is 0 Å². The summed E-state index contributed by atoms with van der Waals surface area (Å²) in [5.74, 6) is -0.267. The Balaban J connectivity index is 1.54. The van der Waals surface area contributed by atoms with Crippen LogP contribution in [0.1, 0.15) is 21.6 Å². The summed E-state index contributed by atoms with van der Waals surface area (Å²) in [5, 5.41) is 26.6. The van der Waals surface area contributed by atoms with Gasteiger partial charge in [0.05, 0.1) is 18.5 Å². The molecule has 0 spiro atoms. The number of halogens is 1. The van der Waals surface area contributed by atoms with Gasteiger partial charge in [0.2, 0.25) is 0 Å². The number of nitrogens with one attached hydrogen (secondary N) is 3. The molecule has 146 valence electrons. The van der Waals surface area contributed by atoms with E-state index in [1.165, 1.54) is 0 Å². The van der Waals surface area contributed by atoms with E-state index in [2.05, 4.69) is 30.7 Å². The summed E-state index contributed by atoms with van der Waals surface area (Å²) in [6.45, 7) is 0.259. The van der Waals surface area contributed by atoms with Crippen LogP contribution in [-0.2, 0) is 13.2 Å². The number of aromatic amines is 2. The largest absolute Gasteiger partial charge is 0.392 e.